The van der Waals surface area contributed by atoms with Gasteiger partial charge >= 0.3 is 24.2 Å². The smallest absolute Gasteiger partial charge is 0.410 e. The minimum Gasteiger partial charge on any atom is -0.480 e. The molecule has 2 aliphatic rings. The van der Waals surface area contributed by atoms with Crippen LogP contribution in [0.3, 0.4) is 0 Å². The second kappa shape index (κ2) is 67.9. The summed E-state index contributed by atoms with van der Waals surface area (Å²) in [4.78, 5) is 139. The summed E-state index contributed by atoms with van der Waals surface area (Å²) < 4.78 is 19.8. The quantitative estimate of drug-likeness (QED) is 0.0291. The summed E-state index contributed by atoms with van der Waals surface area (Å²) >= 11 is 0. The number of amides is 9. The molecule has 2 aromatic heterocycles. The molecule has 4 aromatic rings. The van der Waals surface area contributed by atoms with E-state index >= 15 is 0 Å². The monoisotopic (exact) mass is 1990 g/mol. The molecule has 0 unspecified atom stereocenters. The maximum Gasteiger partial charge on any atom is 0.410 e. The average Bonchev–Trinajstić information content (AvgIpc) is 1.63. The Bertz CT molecular complexity index is 4940. The SMILES string of the molecule is C.C=C=C=C=C=C=C=C=C=C=C=C.CC(C)(C)OC(=O)N[C@H](C(=O)O)C(C)(C)C.CN(C)C(=O)[C@@H](N)C(C)(C)C.CN(C)C(=O)[C@@H](NC(=O)OC(C)(C)C)C(C)(C)C.CN(C)C(=O)[C@@H](NC(=O)c1nc(-c2ccccc2)n2c1CN(C(=O)OC(C)(C)C)CC2)C(C)(C)C.CN(C)C(=O)[C@@H](NC(=O)c1nc(-c2ccccc2)n2c1CNCC2)C(C)(C)C.CNC.S.S.S.[B]B([B])B([B])B(B([B])[B])B([B])[B].[B][B][B]. The van der Waals surface area contributed by atoms with Crippen molar-refractivity contribution in [3.63, 3.8) is 0 Å². The number of alkyl carbamates (subject to hydrolysis) is 2. The third-order valence-corrected chi connectivity index (χ3v) is 18.7. The lowest BCUT2D eigenvalue weighted by Crippen LogP contribution is -2.67. The maximum atomic E-state index is 13.6. The summed E-state index contributed by atoms with van der Waals surface area (Å²) in [5, 5.41) is 25.9. The molecule has 142 heavy (non-hydrogen) atoms. The first-order chi connectivity index (χ1) is 63.0. The Hall–Kier alpha value is -9.60. The van der Waals surface area contributed by atoms with E-state index in [1.165, 1.54) is 19.6 Å². The predicted octanol–water partition coefficient (Wildman–Crippen LogP) is 7.34. The summed E-state index contributed by atoms with van der Waals surface area (Å²) in [6.07, 6.45) is -4.95. The molecule has 0 bridgehead atoms. The standard InChI is InChI=1S/C26H37N5O4.C21H29N5O2.C13H26N2O3.C12H4.C11H21NO4.C8H18N2O.C2H7N.CH4.B12.B3.3H2S/c1-25(2,3)20(23(33)29(7)8)28-22(32)19-18-16-30(24(34)35-26(4,5)6)14-15-31(18)21(27-19)17-12-10-9-11-13-17;1-21(2,3)17(20(28)25(4)5)24-19(27)16-15-13-22-11-12-26(15)18(23-16)14-9-7-6-8-10-14;1-12(2,3)9(10(16)15(7)8)14-11(17)18-13(4,5)6;1-3-5-7-9-11-12-10-8-6-4-2;1-10(2,3)7(8(13)14)12-9(15)16-11(4,5)6;1-8(2,3)6(9)7(11)10(4)5;1-3-2;;1-8(2)11(7)12(9(3)4)10(5)6;1-3-2;;;/h9-13,20H,14-16H2,1-8H3,(H,28,32);6-10,17,22H,11-13H2,1-5H3,(H,24,27);9H,1-8H3,(H,14,17);1-2H2;7H,1-6H3,(H,12,15)(H,13,14);6H,9H2,1-5H3;3H,1-2H3;1H4;;;3*1H2/t20-;17-;9-;;7-;6-;;;;;;;/m111.11......./s1. The normalized spacial score (nSPS) is 12.3. The molecule has 19 radical (unpaired) electrons. The molecule has 0 fully saturated rings. The summed E-state index contributed by atoms with van der Waals surface area (Å²) in [5.41, 5.74) is 30.2. The highest BCUT2D eigenvalue weighted by molar-refractivity contribution is 8.05. The van der Waals surface area contributed by atoms with Crippen molar-refractivity contribution in [1.29, 1.82) is 0 Å². The third kappa shape index (κ3) is 56.6. The topological polar surface area (TPSA) is 369 Å². The predicted molar refractivity (Wildman–Crippen MR) is 606 cm³/mol. The second-order valence-corrected chi connectivity index (χ2v) is 41.1. The molecule has 755 valence electrons. The van der Waals surface area contributed by atoms with Gasteiger partial charge in [-0.25, -0.2) is 29.1 Å². The van der Waals surface area contributed by atoms with Crippen molar-refractivity contribution in [2.45, 2.75) is 247 Å². The highest BCUT2D eigenvalue weighted by atomic mass is 32.1. The molecule has 48 heteroatoms. The van der Waals surface area contributed by atoms with Gasteiger partial charge in [-0.05, 0) is 162 Å². The van der Waals surface area contributed by atoms with Crippen molar-refractivity contribution in [2.75, 3.05) is 83.6 Å². The van der Waals surface area contributed by atoms with E-state index in [-0.39, 0.29) is 101 Å². The van der Waals surface area contributed by atoms with E-state index < -0.39 is 125 Å². The highest BCUT2D eigenvalue weighted by Gasteiger charge is 2.42. The number of carboxylic acids is 1. The molecule has 0 saturated carbocycles. The molecule has 0 saturated heterocycles. The number of nitrogens with one attached hydrogen (secondary N) is 6. The van der Waals surface area contributed by atoms with Gasteiger partial charge in [0.1, 0.15) is 52.6 Å². The van der Waals surface area contributed by atoms with E-state index in [2.05, 4.69) is 127 Å². The fourth-order valence-corrected chi connectivity index (χ4v) is 11.7. The molecule has 2 aromatic carbocycles. The van der Waals surface area contributed by atoms with Crippen LogP contribution < -0.4 is 37.6 Å². The minimum absolute atomic E-state index is 0. The Balaban J connectivity index is -0.000000308. The Kier molecular flexibility index (Phi) is 69.5. The van der Waals surface area contributed by atoms with Crippen molar-refractivity contribution >= 4 is 209 Å². The van der Waals surface area contributed by atoms with Crippen LogP contribution in [0.1, 0.15) is 206 Å². The minimum atomic E-state index is -1.07. The molecule has 4 heterocycles. The van der Waals surface area contributed by atoms with Crippen LogP contribution in [0.25, 0.3) is 22.8 Å². The number of hydrogen-bond acceptors (Lipinski definition) is 18. The van der Waals surface area contributed by atoms with Gasteiger partial charge < -0.3 is 90.6 Å². The van der Waals surface area contributed by atoms with Crippen molar-refractivity contribution in [2.24, 2.45) is 32.8 Å². The average molecular weight is 1990 g/mol. The molecule has 2 aliphatic heterocycles. The number of ether oxygens (including phenoxy) is 3. The number of carbonyl (C=O) groups is 10. The molecule has 9 amide bonds. The number of fused-ring (bicyclic) bond motifs is 2. The number of likely N-dealkylation sites (N-methyl/N-ethyl adjacent to an activating group) is 4. The summed E-state index contributed by atoms with van der Waals surface area (Å²) in [6, 6.07) is 16.1. The van der Waals surface area contributed by atoms with Crippen LogP contribution in [0, 0.1) is 27.1 Å². The van der Waals surface area contributed by atoms with Gasteiger partial charge in [0.15, 0.2) is 11.4 Å². The van der Waals surface area contributed by atoms with E-state index in [0.29, 0.717) is 36.8 Å². The maximum absolute atomic E-state index is 13.6. The van der Waals surface area contributed by atoms with Gasteiger partial charge in [0.05, 0.1) is 24.0 Å². The number of aliphatic carboxylic acids is 1. The summed E-state index contributed by atoms with van der Waals surface area (Å²) in [6.45, 7) is 54.1. The zero-order valence-electron chi connectivity index (χ0n) is 89.8. The number of nitrogens with zero attached hydrogens (tertiary/aromatic N) is 9. The number of carbonyl (C=O) groups excluding carboxylic acids is 9. The summed E-state index contributed by atoms with van der Waals surface area (Å²) in [7, 11) is 65.1. The van der Waals surface area contributed by atoms with Crippen molar-refractivity contribution in [3.05, 3.63) is 154 Å². The largest absolute Gasteiger partial charge is 0.480 e. The van der Waals surface area contributed by atoms with Gasteiger partial charge in [0.2, 0.25) is 23.6 Å². The Morgan fingerprint density at radius 1 is 0.458 bits per heavy atom. The Labute approximate surface area is 885 Å². The lowest BCUT2D eigenvalue weighted by atomic mass is 8.53. The fraction of sp³-hybridized carbons (Fsp3) is 0.574. The van der Waals surface area contributed by atoms with E-state index in [1.807, 2.05) is 183 Å². The molecule has 0 aliphatic carbocycles. The van der Waals surface area contributed by atoms with Gasteiger partial charge in [0, 0.05) is 209 Å². The van der Waals surface area contributed by atoms with Gasteiger partial charge in [-0.1, -0.05) is 183 Å². The van der Waals surface area contributed by atoms with Crippen LogP contribution in [0.2, 0.25) is 0 Å². The summed E-state index contributed by atoms with van der Waals surface area (Å²) in [5.74, 6) is -0.881. The van der Waals surface area contributed by atoms with E-state index in [1.54, 1.807) is 124 Å². The van der Waals surface area contributed by atoms with Gasteiger partial charge in [-0.3, -0.25) is 28.8 Å². The number of hydrogen-bond donors (Lipinski definition) is 8. The number of benzene rings is 2. The number of carboxylic acid groups (broad SMARTS) is 1. The van der Waals surface area contributed by atoms with Gasteiger partial charge in [-0.15, -0.1) is 0 Å². The molecule has 0 spiro atoms. The molecular weight excluding hydrogens is 1840 g/mol. The van der Waals surface area contributed by atoms with Crippen LogP contribution in [0.4, 0.5) is 14.4 Å². The molecule has 9 N–H and O–H groups in total. The van der Waals surface area contributed by atoms with Crippen molar-refractivity contribution in [3.8, 4) is 22.8 Å². The van der Waals surface area contributed by atoms with Crippen LogP contribution in [0.15, 0.2) is 131 Å². The zero-order chi connectivity index (χ0) is 108. The lowest BCUT2D eigenvalue weighted by Gasteiger charge is -2.33. The molecule has 6 rings (SSSR count). The van der Waals surface area contributed by atoms with E-state index in [0.717, 1.165) is 42.8 Å². The van der Waals surface area contributed by atoms with E-state index in [4.69, 9.17) is 84.2 Å². The lowest BCUT2D eigenvalue weighted by molar-refractivity contribution is -0.142. The first-order valence-corrected chi connectivity index (χ1v) is 44.6. The number of imidazole rings is 2. The highest BCUT2D eigenvalue weighted by Crippen LogP contribution is 2.32. The Morgan fingerprint density at radius 3 is 1.01 bits per heavy atom. The number of rotatable bonds is 17. The molecule has 5 atom stereocenters. The number of aromatic nitrogens is 4. The van der Waals surface area contributed by atoms with Crippen molar-refractivity contribution in [1.82, 2.24) is 75.5 Å². The van der Waals surface area contributed by atoms with Gasteiger partial charge in [0.25, 0.3) is 11.8 Å². The van der Waals surface area contributed by atoms with Crippen LogP contribution >= 0.6 is 40.5 Å². The second-order valence-electron chi connectivity index (χ2n) is 41.1. The number of nitrogens with two attached hydrogens (primary N) is 1. The molecule has 30 nitrogen and oxygen atoms in total. The molecular formula is C94H152B15N16O14S3. The third-order valence-electron chi connectivity index (χ3n) is 18.7. The first-order valence-electron chi connectivity index (χ1n) is 44.6. The van der Waals surface area contributed by atoms with Gasteiger partial charge in [-0.2, -0.15) is 40.5 Å². The van der Waals surface area contributed by atoms with Crippen LogP contribution in [0.5, 0.6) is 0 Å². The van der Waals surface area contributed by atoms with Crippen LogP contribution in [-0.4, -0.2) is 348 Å². The van der Waals surface area contributed by atoms with Crippen LogP contribution in [-0.2, 0) is 64.4 Å². The van der Waals surface area contributed by atoms with E-state index in [9.17, 15) is 47.9 Å². The zero-order valence-corrected chi connectivity index (χ0v) is 92.8. The van der Waals surface area contributed by atoms with Crippen molar-refractivity contribution < 1.29 is 67.3 Å². The first kappa shape index (κ1) is 145. The fourth-order valence-electron chi connectivity index (χ4n) is 11.7. The Morgan fingerprint density at radius 2 is 0.754 bits per heavy atom.